The monoisotopic (exact) mass is 323 g/mol. The van der Waals surface area contributed by atoms with Crippen LogP contribution in [0.4, 0.5) is 5.69 Å². The highest BCUT2D eigenvalue weighted by Gasteiger charge is 2.04. The number of rotatable bonds is 6. The first-order valence-electron chi connectivity index (χ1n) is 8.20. The van der Waals surface area contributed by atoms with E-state index in [1.807, 2.05) is 50.2 Å². The molecule has 0 bridgehead atoms. The topological polar surface area (TPSA) is 53.5 Å². The van der Waals surface area contributed by atoms with Gasteiger partial charge >= 0.3 is 0 Å². The Hall–Kier alpha value is -2.62. The standard InChI is InChI=1S/C20H25N3O/c1-14(2)17-9-11-18(12-10-17)16(4)22-23-20(24)13-21-19-8-6-5-7-15(19)3/h5-12,14,21H,13H2,1-4H3,(H,23,24)/b22-16-. The molecule has 0 heterocycles. The van der Waals surface area contributed by atoms with Crippen LogP contribution in [0.5, 0.6) is 0 Å². The van der Waals surface area contributed by atoms with Crippen molar-refractivity contribution in [2.24, 2.45) is 5.10 Å². The van der Waals surface area contributed by atoms with Crippen LogP contribution in [0.25, 0.3) is 0 Å². The Morgan fingerprint density at radius 2 is 1.75 bits per heavy atom. The molecule has 0 aliphatic rings. The number of carbonyl (C=O) groups is 1. The predicted molar refractivity (Wildman–Crippen MR) is 101 cm³/mol. The van der Waals surface area contributed by atoms with Crippen LogP contribution in [0, 0.1) is 6.92 Å². The molecule has 0 fully saturated rings. The number of nitrogens with zero attached hydrogens (tertiary/aromatic N) is 1. The number of hydrogen-bond acceptors (Lipinski definition) is 3. The number of aryl methyl sites for hydroxylation is 1. The average Bonchev–Trinajstić information content (AvgIpc) is 2.59. The zero-order chi connectivity index (χ0) is 17.5. The lowest BCUT2D eigenvalue weighted by molar-refractivity contribution is -0.119. The molecule has 0 spiro atoms. The Labute approximate surface area is 144 Å². The highest BCUT2D eigenvalue weighted by Crippen LogP contribution is 2.15. The van der Waals surface area contributed by atoms with Crippen molar-refractivity contribution in [2.45, 2.75) is 33.6 Å². The predicted octanol–water partition coefficient (Wildman–Crippen LogP) is 4.07. The normalized spacial score (nSPS) is 11.5. The molecule has 0 aliphatic carbocycles. The molecule has 0 radical (unpaired) electrons. The fraction of sp³-hybridized carbons (Fsp3) is 0.300. The summed E-state index contributed by atoms with van der Waals surface area (Å²) < 4.78 is 0. The summed E-state index contributed by atoms with van der Waals surface area (Å²) in [7, 11) is 0. The SMILES string of the molecule is C/C(=N/NC(=O)CNc1ccccc1C)c1ccc(C(C)C)cc1. The van der Waals surface area contributed by atoms with Gasteiger partial charge in [0.1, 0.15) is 0 Å². The Morgan fingerprint density at radius 1 is 1.08 bits per heavy atom. The molecule has 126 valence electrons. The summed E-state index contributed by atoms with van der Waals surface area (Å²) in [6.07, 6.45) is 0. The van der Waals surface area contributed by atoms with E-state index >= 15 is 0 Å². The van der Waals surface area contributed by atoms with E-state index < -0.39 is 0 Å². The Kier molecular flexibility index (Phi) is 6.13. The summed E-state index contributed by atoms with van der Waals surface area (Å²) in [6.45, 7) is 8.41. The summed E-state index contributed by atoms with van der Waals surface area (Å²) in [5.41, 5.74) is 7.74. The summed E-state index contributed by atoms with van der Waals surface area (Å²) >= 11 is 0. The molecule has 2 aromatic carbocycles. The number of nitrogens with one attached hydrogen (secondary N) is 2. The minimum atomic E-state index is -0.170. The van der Waals surface area contributed by atoms with E-state index in [0.717, 1.165) is 22.5 Å². The summed E-state index contributed by atoms with van der Waals surface area (Å²) in [4.78, 5) is 11.9. The molecule has 2 rings (SSSR count). The van der Waals surface area contributed by atoms with Crippen LogP contribution >= 0.6 is 0 Å². The Bertz CT molecular complexity index is 718. The molecule has 0 atom stereocenters. The van der Waals surface area contributed by atoms with Crippen molar-refractivity contribution in [3.63, 3.8) is 0 Å². The van der Waals surface area contributed by atoms with Gasteiger partial charge in [-0.05, 0) is 42.5 Å². The van der Waals surface area contributed by atoms with Crippen LogP contribution < -0.4 is 10.7 Å². The molecule has 0 saturated heterocycles. The van der Waals surface area contributed by atoms with Crippen LogP contribution in [-0.4, -0.2) is 18.2 Å². The smallest absolute Gasteiger partial charge is 0.259 e. The van der Waals surface area contributed by atoms with Gasteiger partial charge in [-0.2, -0.15) is 5.10 Å². The van der Waals surface area contributed by atoms with E-state index in [-0.39, 0.29) is 12.5 Å². The third-order valence-corrected chi connectivity index (χ3v) is 3.93. The molecular weight excluding hydrogens is 298 g/mol. The zero-order valence-electron chi connectivity index (χ0n) is 14.8. The third-order valence-electron chi connectivity index (χ3n) is 3.93. The highest BCUT2D eigenvalue weighted by molar-refractivity contribution is 5.99. The number of carbonyl (C=O) groups excluding carboxylic acids is 1. The van der Waals surface area contributed by atoms with Crippen molar-refractivity contribution in [2.75, 3.05) is 11.9 Å². The zero-order valence-corrected chi connectivity index (χ0v) is 14.8. The molecule has 0 unspecified atom stereocenters. The first-order valence-corrected chi connectivity index (χ1v) is 8.20. The number of hydrogen-bond donors (Lipinski definition) is 2. The van der Waals surface area contributed by atoms with Crippen molar-refractivity contribution in [3.05, 3.63) is 65.2 Å². The highest BCUT2D eigenvalue weighted by atomic mass is 16.2. The van der Waals surface area contributed by atoms with Gasteiger partial charge < -0.3 is 5.32 Å². The molecular formula is C20H25N3O. The Balaban J connectivity index is 1.89. The largest absolute Gasteiger partial charge is 0.376 e. The molecule has 2 aromatic rings. The lowest BCUT2D eigenvalue weighted by Gasteiger charge is -2.09. The molecule has 0 aliphatic heterocycles. The van der Waals surface area contributed by atoms with Gasteiger partial charge in [0, 0.05) is 5.69 Å². The molecule has 2 N–H and O–H groups in total. The van der Waals surface area contributed by atoms with Crippen molar-refractivity contribution >= 4 is 17.3 Å². The fourth-order valence-electron chi connectivity index (χ4n) is 2.31. The van der Waals surface area contributed by atoms with Gasteiger partial charge in [0.25, 0.3) is 5.91 Å². The van der Waals surface area contributed by atoms with Crippen LogP contribution in [0.1, 0.15) is 43.4 Å². The summed E-state index contributed by atoms with van der Waals surface area (Å²) in [5, 5.41) is 7.30. The second kappa shape index (κ2) is 8.29. The molecule has 4 heteroatoms. The minimum absolute atomic E-state index is 0.170. The van der Waals surface area contributed by atoms with Gasteiger partial charge in [-0.3, -0.25) is 4.79 Å². The van der Waals surface area contributed by atoms with E-state index in [9.17, 15) is 4.79 Å². The van der Waals surface area contributed by atoms with Crippen molar-refractivity contribution in [1.29, 1.82) is 0 Å². The first kappa shape index (κ1) is 17.7. The number of amides is 1. The van der Waals surface area contributed by atoms with Gasteiger partial charge in [0.15, 0.2) is 0 Å². The maximum absolute atomic E-state index is 11.9. The number of hydrazone groups is 1. The average molecular weight is 323 g/mol. The van der Waals surface area contributed by atoms with Crippen LogP contribution in [0.2, 0.25) is 0 Å². The number of para-hydroxylation sites is 1. The lowest BCUT2D eigenvalue weighted by atomic mass is 10.0. The van der Waals surface area contributed by atoms with E-state index in [2.05, 4.69) is 41.8 Å². The maximum Gasteiger partial charge on any atom is 0.259 e. The quantitative estimate of drug-likeness (QED) is 0.622. The van der Waals surface area contributed by atoms with Crippen molar-refractivity contribution in [1.82, 2.24) is 5.43 Å². The molecule has 1 amide bonds. The third kappa shape index (κ3) is 4.95. The van der Waals surface area contributed by atoms with Crippen molar-refractivity contribution < 1.29 is 4.79 Å². The van der Waals surface area contributed by atoms with Crippen LogP contribution in [0.3, 0.4) is 0 Å². The summed E-state index contributed by atoms with van der Waals surface area (Å²) in [5.74, 6) is 0.333. The van der Waals surface area contributed by atoms with Gasteiger partial charge in [-0.1, -0.05) is 56.3 Å². The molecule has 0 aromatic heterocycles. The second-order valence-corrected chi connectivity index (χ2v) is 6.18. The van der Waals surface area contributed by atoms with Gasteiger partial charge in [-0.15, -0.1) is 0 Å². The fourth-order valence-corrected chi connectivity index (χ4v) is 2.31. The number of anilines is 1. The minimum Gasteiger partial charge on any atom is -0.376 e. The van der Waals surface area contributed by atoms with Crippen LogP contribution in [0.15, 0.2) is 53.6 Å². The molecule has 4 nitrogen and oxygen atoms in total. The van der Waals surface area contributed by atoms with Gasteiger partial charge in [0.05, 0.1) is 12.3 Å². The molecule has 0 saturated carbocycles. The van der Waals surface area contributed by atoms with Crippen LogP contribution in [-0.2, 0) is 4.79 Å². The van der Waals surface area contributed by atoms with E-state index in [1.165, 1.54) is 5.56 Å². The van der Waals surface area contributed by atoms with E-state index in [4.69, 9.17) is 0 Å². The summed E-state index contributed by atoms with van der Waals surface area (Å²) in [6, 6.07) is 16.1. The Morgan fingerprint density at radius 3 is 2.38 bits per heavy atom. The number of benzene rings is 2. The molecule has 24 heavy (non-hydrogen) atoms. The lowest BCUT2D eigenvalue weighted by Crippen LogP contribution is -2.27. The second-order valence-electron chi connectivity index (χ2n) is 6.18. The maximum atomic E-state index is 11.9. The van der Waals surface area contributed by atoms with E-state index in [1.54, 1.807) is 0 Å². The first-order chi connectivity index (χ1) is 11.5. The van der Waals surface area contributed by atoms with Crippen molar-refractivity contribution in [3.8, 4) is 0 Å². The van der Waals surface area contributed by atoms with Gasteiger partial charge in [0.2, 0.25) is 0 Å². The van der Waals surface area contributed by atoms with Gasteiger partial charge in [-0.25, -0.2) is 5.43 Å². The van der Waals surface area contributed by atoms with E-state index in [0.29, 0.717) is 5.92 Å².